The minimum Gasteiger partial charge on any atom is -0.392 e. The zero-order valence-corrected chi connectivity index (χ0v) is 12.4. The van der Waals surface area contributed by atoms with E-state index in [9.17, 15) is 5.11 Å². The van der Waals surface area contributed by atoms with Crippen LogP contribution in [0.15, 0.2) is 24.3 Å². The molecule has 3 nitrogen and oxygen atoms in total. The van der Waals surface area contributed by atoms with E-state index in [2.05, 4.69) is 5.10 Å². The lowest BCUT2D eigenvalue weighted by Crippen LogP contribution is -2.16. The molecule has 0 fully saturated rings. The molecule has 5 heteroatoms. The van der Waals surface area contributed by atoms with Crippen LogP contribution in [0.25, 0.3) is 0 Å². The highest BCUT2D eigenvalue weighted by molar-refractivity contribution is 6.35. The number of aliphatic hydroxyl groups excluding tert-OH is 1. The standard InChI is InChI=1S/C14H16Cl2N2O/c1-9-6-10(18(2)17-9)7-11(19)8-12-13(15)4-3-5-14(12)16/h3-6,11,19H,7-8H2,1-2H3. The summed E-state index contributed by atoms with van der Waals surface area (Å²) in [4.78, 5) is 0. The lowest BCUT2D eigenvalue weighted by molar-refractivity contribution is 0.173. The van der Waals surface area contributed by atoms with E-state index < -0.39 is 6.10 Å². The molecule has 0 aliphatic rings. The summed E-state index contributed by atoms with van der Waals surface area (Å²) in [5.74, 6) is 0. The second-order valence-corrected chi connectivity index (χ2v) is 5.48. The van der Waals surface area contributed by atoms with Gasteiger partial charge in [-0.2, -0.15) is 5.10 Å². The molecule has 102 valence electrons. The van der Waals surface area contributed by atoms with E-state index in [1.165, 1.54) is 0 Å². The van der Waals surface area contributed by atoms with Crippen molar-refractivity contribution in [2.75, 3.05) is 0 Å². The van der Waals surface area contributed by atoms with E-state index in [0.29, 0.717) is 22.9 Å². The molecule has 1 aromatic carbocycles. The zero-order valence-electron chi connectivity index (χ0n) is 10.9. The number of benzene rings is 1. The number of nitrogens with zero attached hydrogens (tertiary/aromatic N) is 2. The van der Waals surface area contributed by atoms with Gasteiger partial charge < -0.3 is 5.11 Å². The Morgan fingerprint density at radius 2 is 1.89 bits per heavy atom. The van der Waals surface area contributed by atoms with Crippen molar-refractivity contribution in [2.45, 2.75) is 25.9 Å². The molecule has 1 aromatic heterocycles. The summed E-state index contributed by atoms with van der Waals surface area (Å²) in [6, 6.07) is 7.33. The van der Waals surface area contributed by atoms with Crippen molar-refractivity contribution in [3.05, 3.63) is 51.3 Å². The lowest BCUT2D eigenvalue weighted by Gasteiger charge is -2.13. The molecule has 0 spiro atoms. The molecule has 19 heavy (non-hydrogen) atoms. The molecule has 2 rings (SSSR count). The van der Waals surface area contributed by atoms with Gasteiger partial charge in [0.25, 0.3) is 0 Å². The Morgan fingerprint density at radius 1 is 1.26 bits per heavy atom. The number of aliphatic hydroxyl groups is 1. The molecule has 0 aliphatic carbocycles. The third-order valence-corrected chi connectivity index (χ3v) is 3.75. The summed E-state index contributed by atoms with van der Waals surface area (Å²) >= 11 is 12.2. The second kappa shape index (κ2) is 5.95. The minimum absolute atomic E-state index is 0.433. The average molecular weight is 299 g/mol. The second-order valence-electron chi connectivity index (χ2n) is 4.66. The Kier molecular flexibility index (Phi) is 4.50. The van der Waals surface area contributed by atoms with Crippen LogP contribution in [0.2, 0.25) is 10.0 Å². The number of aryl methyl sites for hydroxylation is 2. The first-order valence-electron chi connectivity index (χ1n) is 6.08. The van der Waals surface area contributed by atoms with Gasteiger partial charge in [0.1, 0.15) is 0 Å². The SMILES string of the molecule is Cc1cc(CC(O)Cc2c(Cl)cccc2Cl)n(C)n1. The summed E-state index contributed by atoms with van der Waals surface area (Å²) in [6.07, 6.45) is 0.425. The first kappa shape index (κ1) is 14.4. The summed E-state index contributed by atoms with van der Waals surface area (Å²) < 4.78 is 1.78. The zero-order chi connectivity index (χ0) is 14.0. The molecule has 0 aliphatic heterocycles. The molecule has 0 saturated carbocycles. The van der Waals surface area contributed by atoms with Crippen molar-refractivity contribution in [3.8, 4) is 0 Å². The highest BCUT2D eigenvalue weighted by Crippen LogP contribution is 2.26. The van der Waals surface area contributed by atoms with Gasteiger partial charge in [-0.25, -0.2) is 0 Å². The van der Waals surface area contributed by atoms with Crippen LogP contribution >= 0.6 is 23.2 Å². The number of aromatic nitrogens is 2. The predicted molar refractivity (Wildman–Crippen MR) is 77.8 cm³/mol. The van der Waals surface area contributed by atoms with Crippen molar-refractivity contribution >= 4 is 23.2 Å². The van der Waals surface area contributed by atoms with Crippen molar-refractivity contribution in [1.29, 1.82) is 0 Å². The van der Waals surface area contributed by atoms with Crippen LogP contribution in [0.5, 0.6) is 0 Å². The van der Waals surface area contributed by atoms with E-state index >= 15 is 0 Å². The number of hydrogen-bond donors (Lipinski definition) is 1. The molecule has 1 atom stereocenters. The molecule has 1 unspecified atom stereocenters. The fourth-order valence-electron chi connectivity index (χ4n) is 2.13. The van der Waals surface area contributed by atoms with Crippen LogP contribution in [0, 0.1) is 6.92 Å². The average Bonchev–Trinajstić information content (AvgIpc) is 2.63. The first-order chi connectivity index (χ1) is 8.97. The number of rotatable bonds is 4. The fraction of sp³-hybridized carbons (Fsp3) is 0.357. The van der Waals surface area contributed by atoms with Crippen molar-refractivity contribution in [2.24, 2.45) is 7.05 Å². The van der Waals surface area contributed by atoms with Gasteiger partial charge in [0.2, 0.25) is 0 Å². The number of halogens is 2. The van der Waals surface area contributed by atoms with Crippen LogP contribution in [0.4, 0.5) is 0 Å². The van der Waals surface area contributed by atoms with Crippen molar-refractivity contribution < 1.29 is 5.11 Å². The van der Waals surface area contributed by atoms with Crippen molar-refractivity contribution in [1.82, 2.24) is 9.78 Å². The van der Waals surface area contributed by atoms with Gasteiger partial charge >= 0.3 is 0 Å². The quantitative estimate of drug-likeness (QED) is 0.941. The van der Waals surface area contributed by atoms with Gasteiger partial charge in [0.15, 0.2) is 0 Å². The Bertz CT molecular complexity index is 561. The Labute approximate surface area is 122 Å². The first-order valence-corrected chi connectivity index (χ1v) is 6.83. The largest absolute Gasteiger partial charge is 0.392 e. The maximum absolute atomic E-state index is 10.2. The van der Waals surface area contributed by atoms with Crippen LogP contribution in [0.3, 0.4) is 0 Å². The normalized spacial score (nSPS) is 12.7. The third-order valence-electron chi connectivity index (χ3n) is 3.05. The Morgan fingerprint density at radius 3 is 2.42 bits per heavy atom. The van der Waals surface area contributed by atoms with Gasteiger partial charge in [0.05, 0.1) is 11.8 Å². The van der Waals surface area contributed by atoms with E-state index in [0.717, 1.165) is 17.0 Å². The van der Waals surface area contributed by atoms with Crippen molar-refractivity contribution in [3.63, 3.8) is 0 Å². The Balaban J connectivity index is 2.09. The van der Waals surface area contributed by atoms with Gasteiger partial charge in [-0.3, -0.25) is 4.68 Å². The van der Waals surface area contributed by atoms with E-state index in [1.54, 1.807) is 22.9 Å². The molecular formula is C14H16Cl2N2O. The maximum Gasteiger partial charge on any atom is 0.0636 e. The molecule has 1 N–H and O–H groups in total. The molecule has 1 heterocycles. The smallest absolute Gasteiger partial charge is 0.0636 e. The molecule has 0 bridgehead atoms. The van der Waals surface area contributed by atoms with Crippen LogP contribution in [-0.2, 0) is 19.9 Å². The van der Waals surface area contributed by atoms with E-state index in [1.807, 2.05) is 20.0 Å². The molecule has 2 aromatic rings. The summed E-state index contributed by atoms with van der Waals surface area (Å²) in [5, 5.41) is 15.6. The third kappa shape index (κ3) is 3.50. The maximum atomic E-state index is 10.2. The molecule has 0 saturated heterocycles. The highest BCUT2D eigenvalue weighted by atomic mass is 35.5. The van der Waals surface area contributed by atoms with Gasteiger partial charge in [-0.1, -0.05) is 29.3 Å². The predicted octanol–water partition coefficient (Wildman–Crippen LogP) is 3.18. The van der Waals surface area contributed by atoms with Gasteiger partial charge in [-0.05, 0) is 30.7 Å². The van der Waals surface area contributed by atoms with Gasteiger partial charge in [0, 0.05) is 35.6 Å². The number of hydrogen-bond acceptors (Lipinski definition) is 2. The van der Waals surface area contributed by atoms with Crippen LogP contribution in [-0.4, -0.2) is 21.0 Å². The fourth-order valence-corrected chi connectivity index (χ4v) is 2.68. The monoisotopic (exact) mass is 298 g/mol. The van der Waals surface area contributed by atoms with Gasteiger partial charge in [-0.15, -0.1) is 0 Å². The molecule has 0 amide bonds. The van der Waals surface area contributed by atoms with Crippen LogP contribution < -0.4 is 0 Å². The molecular weight excluding hydrogens is 283 g/mol. The van der Waals surface area contributed by atoms with E-state index in [-0.39, 0.29) is 0 Å². The topological polar surface area (TPSA) is 38.0 Å². The van der Waals surface area contributed by atoms with E-state index in [4.69, 9.17) is 23.2 Å². The minimum atomic E-state index is -0.535. The van der Waals surface area contributed by atoms with Crippen LogP contribution in [0.1, 0.15) is 17.0 Å². The highest BCUT2D eigenvalue weighted by Gasteiger charge is 2.14. The Hall–Kier alpha value is -1.03. The summed E-state index contributed by atoms with van der Waals surface area (Å²) in [7, 11) is 1.87. The summed E-state index contributed by atoms with van der Waals surface area (Å²) in [6.45, 7) is 1.93. The lowest BCUT2D eigenvalue weighted by atomic mass is 10.0. The summed E-state index contributed by atoms with van der Waals surface area (Å²) in [5.41, 5.74) is 2.73. The molecule has 0 radical (unpaired) electrons.